The lowest BCUT2D eigenvalue weighted by Crippen LogP contribution is -2.22. The highest BCUT2D eigenvalue weighted by atomic mass is 35.5. The first-order valence-electron chi connectivity index (χ1n) is 9.48. The molecule has 0 saturated heterocycles. The summed E-state index contributed by atoms with van der Waals surface area (Å²) in [7, 11) is 1.62. The minimum absolute atomic E-state index is 0.0549. The third-order valence-electron chi connectivity index (χ3n) is 5.93. The van der Waals surface area contributed by atoms with Crippen molar-refractivity contribution in [1.29, 1.82) is 0 Å². The van der Waals surface area contributed by atoms with Crippen molar-refractivity contribution in [3.63, 3.8) is 0 Å². The van der Waals surface area contributed by atoms with Crippen LogP contribution in [-0.2, 0) is 11.2 Å². The second-order valence-corrected chi connectivity index (χ2v) is 7.84. The summed E-state index contributed by atoms with van der Waals surface area (Å²) in [6.07, 6.45) is 3.37. The normalized spacial score (nSPS) is 21.7. The lowest BCUT2D eigenvalue weighted by Gasteiger charge is -2.24. The number of aliphatic hydroxyl groups excluding tert-OH is 1. The Bertz CT molecular complexity index is 945. The molecule has 0 spiro atoms. The number of methoxy groups -OCH3 is 1. The Hall–Kier alpha value is -2.26. The maximum absolute atomic E-state index is 13.0. The molecule has 1 N–H and O–H groups in total. The largest absolute Gasteiger partial charge is 0.511 e. The highest BCUT2D eigenvalue weighted by Crippen LogP contribution is 2.46. The number of ketones is 1. The van der Waals surface area contributed by atoms with E-state index in [0.29, 0.717) is 16.3 Å². The quantitative estimate of drug-likeness (QED) is 0.721. The molecule has 2 aliphatic rings. The van der Waals surface area contributed by atoms with Crippen LogP contribution in [-0.4, -0.2) is 18.0 Å². The summed E-state index contributed by atoms with van der Waals surface area (Å²) < 4.78 is 5.50. The minimum atomic E-state index is 0.0549. The Morgan fingerprint density at radius 3 is 2.63 bits per heavy atom. The molecule has 0 aromatic heterocycles. The van der Waals surface area contributed by atoms with Crippen molar-refractivity contribution in [2.75, 3.05) is 7.11 Å². The molecule has 2 atom stereocenters. The molecule has 27 heavy (non-hydrogen) atoms. The number of aliphatic hydroxyl groups is 1. The van der Waals surface area contributed by atoms with E-state index >= 15 is 0 Å². The molecule has 0 amide bonds. The van der Waals surface area contributed by atoms with Crippen molar-refractivity contribution in [3.8, 4) is 16.9 Å². The number of hydrogen-bond acceptors (Lipinski definition) is 3. The number of allylic oxidation sites excluding steroid dienone is 2. The van der Waals surface area contributed by atoms with E-state index in [0.717, 1.165) is 47.9 Å². The molecule has 2 unspecified atom stereocenters. The Morgan fingerprint density at radius 2 is 1.89 bits per heavy atom. The van der Waals surface area contributed by atoms with Gasteiger partial charge in [0.2, 0.25) is 0 Å². The van der Waals surface area contributed by atoms with Crippen LogP contribution in [0.4, 0.5) is 0 Å². The van der Waals surface area contributed by atoms with Gasteiger partial charge in [0.05, 0.1) is 12.7 Å². The lowest BCUT2D eigenvalue weighted by molar-refractivity contribution is -0.117. The van der Waals surface area contributed by atoms with Gasteiger partial charge in [0.1, 0.15) is 11.5 Å². The fourth-order valence-electron chi connectivity index (χ4n) is 4.46. The maximum atomic E-state index is 13.0. The van der Waals surface area contributed by atoms with Gasteiger partial charge >= 0.3 is 0 Å². The van der Waals surface area contributed by atoms with Crippen molar-refractivity contribution < 1.29 is 14.6 Å². The highest BCUT2D eigenvalue weighted by Gasteiger charge is 2.41. The van der Waals surface area contributed by atoms with Crippen LogP contribution in [0.25, 0.3) is 16.7 Å². The molecule has 2 bridgehead atoms. The van der Waals surface area contributed by atoms with E-state index in [1.54, 1.807) is 13.2 Å². The zero-order chi connectivity index (χ0) is 19.1. The van der Waals surface area contributed by atoms with Gasteiger partial charge in [-0.05, 0) is 66.6 Å². The predicted molar refractivity (Wildman–Crippen MR) is 108 cm³/mol. The van der Waals surface area contributed by atoms with Gasteiger partial charge in [-0.1, -0.05) is 30.7 Å². The van der Waals surface area contributed by atoms with Crippen LogP contribution < -0.4 is 4.74 Å². The fraction of sp³-hybridized carbons (Fsp3) is 0.348. The molecule has 140 valence electrons. The number of hydrogen-bond donors (Lipinski definition) is 1. The first-order chi connectivity index (χ1) is 13.0. The van der Waals surface area contributed by atoms with E-state index in [4.69, 9.17) is 16.3 Å². The standard InChI is InChI=1S/C23H23ClO3/c1-3-13-4-5-14(18-9-8-17(24)12-20(18)27-2)11-19(13)21-22(25)15-6-7-16(10-15)23(21)26/h4-5,8-9,11-12,15-16,25H,3,6-7,10H2,1-2H3. The Kier molecular flexibility index (Phi) is 4.73. The van der Waals surface area contributed by atoms with Gasteiger partial charge in [-0.15, -0.1) is 0 Å². The molecule has 2 aromatic rings. The number of rotatable bonds is 4. The summed E-state index contributed by atoms with van der Waals surface area (Å²) in [5.74, 6) is 1.24. The van der Waals surface area contributed by atoms with Crippen molar-refractivity contribution >= 4 is 23.0 Å². The molecule has 1 fully saturated rings. The first-order valence-corrected chi connectivity index (χ1v) is 9.85. The minimum Gasteiger partial charge on any atom is -0.511 e. The summed E-state index contributed by atoms with van der Waals surface area (Å²) in [6.45, 7) is 2.07. The summed E-state index contributed by atoms with van der Waals surface area (Å²) in [5, 5.41) is 11.4. The smallest absolute Gasteiger partial charge is 0.169 e. The Labute approximate surface area is 164 Å². The molecule has 0 aliphatic heterocycles. The fourth-order valence-corrected chi connectivity index (χ4v) is 4.62. The van der Waals surface area contributed by atoms with Crippen molar-refractivity contribution in [2.24, 2.45) is 11.8 Å². The van der Waals surface area contributed by atoms with Gasteiger partial charge in [0.15, 0.2) is 5.78 Å². The van der Waals surface area contributed by atoms with Crippen LogP contribution in [0.15, 0.2) is 42.2 Å². The SMILES string of the molecule is CCc1ccc(-c2ccc(Cl)cc2OC)cc1C1=C(O)C2CCC(C2)C1=O. The number of ether oxygens (including phenoxy) is 1. The van der Waals surface area contributed by atoms with Crippen molar-refractivity contribution in [1.82, 2.24) is 0 Å². The summed E-state index contributed by atoms with van der Waals surface area (Å²) in [5.41, 5.74) is 4.31. The monoisotopic (exact) mass is 382 g/mol. The first kappa shape index (κ1) is 18.1. The summed E-state index contributed by atoms with van der Waals surface area (Å²) in [4.78, 5) is 13.0. The topological polar surface area (TPSA) is 46.5 Å². The molecule has 2 aliphatic carbocycles. The van der Waals surface area contributed by atoms with Gasteiger partial charge in [0, 0.05) is 22.4 Å². The summed E-state index contributed by atoms with van der Waals surface area (Å²) >= 11 is 6.10. The molecule has 0 radical (unpaired) electrons. The number of fused-ring (bicyclic) bond motifs is 2. The molecule has 4 heteroatoms. The van der Waals surface area contributed by atoms with Gasteiger partial charge < -0.3 is 9.84 Å². The second-order valence-electron chi connectivity index (χ2n) is 7.40. The molecule has 4 rings (SSSR count). The van der Waals surface area contributed by atoms with Crippen molar-refractivity contribution in [2.45, 2.75) is 32.6 Å². The molecular formula is C23H23ClO3. The van der Waals surface area contributed by atoms with Gasteiger partial charge in [-0.3, -0.25) is 4.79 Å². The zero-order valence-corrected chi connectivity index (χ0v) is 16.3. The van der Waals surface area contributed by atoms with Crippen molar-refractivity contribution in [3.05, 3.63) is 58.3 Å². The van der Waals surface area contributed by atoms with Crippen LogP contribution in [0.1, 0.15) is 37.3 Å². The van der Waals surface area contributed by atoms with E-state index in [1.807, 2.05) is 30.3 Å². The molecule has 2 aromatic carbocycles. The van der Waals surface area contributed by atoms with E-state index in [2.05, 4.69) is 6.92 Å². The summed E-state index contributed by atoms with van der Waals surface area (Å²) in [6, 6.07) is 11.6. The van der Waals surface area contributed by atoms with Crippen LogP contribution in [0.2, 0.25) is 5.02 Å². The third-order valence-corrected chi connectivity index (χ3v) is 6.16. The van der Waals surface area contributed by atoms with E-state index in [9.17, 15) is 9.90 Å². The number of benzene rings is 2. The van der Waals surface area contributed by atoms with Gasteiger partial charge in [-0.25, -0.2) is 0 Å². The van der Waals surface area contributed by atoms with E-state index < -0.39 is 0 Å². The maximum Gasteiger partial charge on any atom is 0.169 e. The number of carbonyl (C=O) groups is 1. The lowest BCUT2D eigenvalue weighted by atomic mass is 9.81. The van der Waals surface area contributed by atoms with E-state index in [-0.39, 0.29) is 23.4 Å². The second kappa shape index (κ2) is 7.05. The number of aryl methyl sites for hydroxylation is 1. The molecular weight excluding hydrogens is 360 g/mol. The average Bonchev–Trinajstić information content (AvgIpc) is 3.14. The molecule has 3 nitrogen and oxygen atoms in total. The van der Waals surface area contributed by atoms with E-state index in [1.165, 1.54) is 0 Å². The molecule has 0 heterocycles. The van der Waals surface area contributed by atoms with Crippen LogP contribution in [0.5, 0.6) is 5.75 Å². The Morgan fingerprint density at radius 1 is 1.11 bits per heavy atom. The van der Waals surface area contributed by atoms with Gasteiger partial charge in [-0.2, -0.15) is 0 Å². The van der Waals surface area contributed by atoms with Crippen LogP contribution in [0.3, 0.4) is 0 Å². The van der Waals surface area contributed by atoms with Crippen LogP contribution >= 0.6 is 11.6 Å². The third kappa shape index (κ3) is 3.04. The average molecular weight is 383 g/mol. The predicted octanol–water partition coefficient (Wildman–Crippen LogP) is 5.85. The number of carbonyl (C=O) groups excluding carboxylic acids is 1. The number of halogens is 1. The molecule has 1 saturated carbocycles. The highest BCUT2D eigenvalue weighted by molar-refractivity contribution is 6.30. The number of Topliss-reactive ketones (excluding diaryl/α,β-unsaturated/α-hetero) is 1. The Balaban J connectivity index is 1.88. The van der Waals surface area contributed by atoms with Gasteiger partial charge in [0.25, 0.3) is 0 Å². The zero-order valence-electron chi connectivity index (χ0n) is 15.6. The van der Waals surface area contributed by atoms with Crippen LogP contribution in [0, 0.1) is 11.8 Å².